The molecule has 1 aliphatic rings. The molecule has 1 saturated heterocycles. The van der Waals surface area contributed by atoms with E-state index in [0.717, 1.165) is 5.69 Å². The van der Waals surface area contributed by atoms with Crippen LogP contribution in [0.2, 0.25) is 0 Å². The number of anilines is 1. The van der Waals surface area contributed by atoms with Gasteiger partial charge in [-0.2, -0.15) is 5.26 Å². The molecule has 0 radical (unpaired) electrons. The topological polar surface area (TPSA) is 86.8 Å². The number of carbonyl (C=O) groups is 1. The van der Waals surface area contributed by atoms with E-state index in [1.807, 2.05) is 16.8 Å². The quantitative estimate of drug-likeness (QED) is 0.849. The molecule has 1 atom stereocenters. The lowest BCUT2D eigenvalue weighted by molar-refractivity contribution is -0.119. The van der Waals surface area contributed by atoms with Crippen molar-refractivity contribution in [2.75, 3.05) is 18.4 Å². The first-order valence-electron chi connectivity index (χ1n) is 6.66. The van der Waals surface area contributed by atoms with Gasteiger partial charge >= 0.3 is 0 Å². The molecule has 7 nitrogen and oxygen atoms in total. The van der Waals surface area contributed by atoms with Gasteiger partial charge in [-0.05, 0) is 18.6 Å². The van der Waals surface area contributed by atoms with E-state index in [1.54, 1.807) is 29.7 Å². The van der Waals surface area contributed by atoms with Gasteiger partial charge < -0.3 is 14.8 Å². The molecule has 0 spiro atoms. The highest BCUT2D eigenvalue weighted by Gasteiger charge is 2.27. The summed E-state index contributed by atoms with van der Waals surface area (Å²) in [7, 11) is 0. The third kappa shape index (κ3) is 2.84. The van der Waals surface area contributed by atoms with Gasteiger partial charge in [-0.3, -0.25) is 4.79 Å². The molecule has 1 unspecified atom stereocenters. The van der Waals surface area contributed by atoms with Gasteiger partial charge in [0, 0.05) is 25.5 Å². The molecule has 2 aromatic rings. The van der Waals surface area contributed by atoms with Crippen LogP contribution in [-0.4, -0.2) is 38.4 Å². The molecule has 1 aliphatic heterocycles. The lowest BCUT2D eigenvalue weighted by Crippen LogP contribution is -2.25. The maximum Gasteiger partial charge on any atom is 0.230 e. The molecule has 7 heteroatoms. The summed E-state index contributed by atoms with van der Waals surface area (Å²) >= 11 is 0. The first kappa shape index (κ1) is 13.1. The number of nitriles is 1. The summed E-state index contributed by atoms with van der Waals surface area (Å²) in [6, 6.07) is 3.62. The lowest BCUT2D eigenvalue weighted by atomic mass is 10.1. The van der Waals surface area contributed by atoms with Gasteiger partial charge in [0.1, 0.15) is 5.82 Å². The van der Waals surface area contributed by atoms with Crippen molar-refractivity contribution in [3.8, 4) is 11.9 Å². The van der Waals surface area contributed by atoms with Crippen molar-refractivity contribution in [2.24, 2.45) is 5.92 Å². The zero-order chi connectivity index (χ0) is 14.7. The smallest absolute Gasteiger partial charge is 0.230 e. The number of rotatable bonds is 3. The molecule has 1 fully saturated rings. The fraction of sp³-hybridized carbons (Fsp3) is 0.286. The summed E-state index contributed by atoms with van der Waals surface area (Å²) in [6.45, 7) is 1.12. The van der Waals surface area contributed by atoms with Crippen LogP contribution in [-0.2, 0) is 4.79 Å². The Labute approximate surface area is 121 Å². The number of likely N-dealkylation sites (tertiary alicyclic amines) is 1. The van der Waals surface area contributed by atoms with E-state index < -0.39 is 0 Å². The Kier molecular flexibility index (Phi) is 3.51. The van der Waals surface area contributed by atoms with Crippen LogP contribution in [0.25, 0.3) is 5.69 Å². The number of amides is 1. The second-order valence-electron chi connectivity index (χ2n) is 4.89. The van der Waals surface area contributed by atoms with Crippen molar-refractivity contribution in [1.29, 1.82) is 5.26 Å². The summed E-state index contributed by atoms with van der Waals surface area (Å²) in [5.41, 5.74) is 0.877. The minimum Gasteiger partial charge on any atom is -0.310 e. The van der Waals surface area contributed by atoms with Crippen LogP contribution in [0, 0.1) is 17.4 Å². The van der Waals surface area contributed by atoms with E-state index in [9.17, 15) is 4.79 Å². The molecule has 3 rings (SSSR count). The second kappa shape index (κ2) is 5.63. The van der Waals surface area contributed by atoms with Crippen molar-refractivity contribution >= 4 is 11.7 Å². The molecule has 0 aliphatic carbocycles. The Morgan fingerprint density at radius 1 is 1.48 bits per heavy atom. The predicted octanol–water partition coefficient (Wildman–Crippen LogP) is 1.01. The fourth-order valence-electron chi connectivity index (χ4n) is 2.32. The Morgan fingerprint density at radius 3 is 3.00 bits per heavy atom. The molecule has 1 amide bonds. The summed E-state index contributed by atoms with van der Waals surface area (Å²) < 4.78 is 1.83. The summed E-state index contributed by atoms with van der Waals surface area (Å²) in [6.07, 6.45) is 9.64. The van der Waals surface area contributed by atoms with Crippen LogP contribution < -0.4 is 5.32 Å². The minimum absolute atomic E-state index is 0.0874. The molecule has 0 saturated carbocycles. The standard InChI is InChI=1S/C14H14N6O/c15-9-19-5-3-11(8-19)14(21)18-13-2-1-12(7-17-13)20-6-4-16-10-20/h1-2,4,6-7,10-11H,3,5,8H2,(H,17,18,21). The van der Waals surface area contributed by atoms with Crippen molar-refractivity contribution < 1.29 is 4.79 Å². The largest absolute Gasteiger partial charge is 0.310 e. The van der Waals surface area contributed by atoms with Crippen LogP contribution in [0.1, 0.15) is 6.42 Å². The molecular weight excluding hydrogens is 268 g/mol. The van der Waals surface area contributed by atoms with Gasteiger partial charge in [-0.25, -0.2) is 9.97 Å². The van der Waals surface area contributed by atoms with Crippen molar-refractivity contribution in [2.45, 2.75) is 6.42 Å². The Hall–Kier alpha value is -2.88. The van der Waals surface area contributed by atoms with E-state index in [-0.39, 0.29) is 11.8 Å². The molecule has 0 aromatic carbocycles. The zero-order valence-electron chi connectivity index (χ0n) is 11.3. The number of aromatic nitrogens is 3. The average Bonchev–Trinajstić information content (AvgIpc) is 3.19. The molecule has 3 heterocycles. The summed E-state index contributed by atoms with van der Waals surface area (Å²) in [4.78, 5) is 21.9. The van der Waals surface area contributed by atoms with Gasteiger partial charge in [0.15, 0.2) is 6.19 Å². The van der Waals surface area contributed by atoms with Crippen LogP contribution in [0.4, 0.5) is 5.82 Å². The highest BCUT2D eigenvalue weighted by Crippen LogP contribution is 2.17. The molecule has 1 N–H and O–H groups in total. The van der Waals surface area contributed by atoms with Crippen LogP contribution in [0.3, 0.4) is 0 Å². The second-order valence-corrected chi connectivity index (χ2v) is 4.89. The average molecular weight is 282 g/mol. The van der Waals surface area contributed by atoms with Crippen LogP contribution >= 0.6 is 0 Å². The number of nitrogens with zero attached hydrogens (tertiary/aromatic N) is 5. The monoisotopic (exact) mass is 282 g/mol. The Morgan fingerprint density at radius 2 is 2.38 bits per heavy atom. The van der Waals surface area contributed by atoms with Crippen molar-refractivity contribution in [3.63, 3.8) is 0 Å². The van der Waals surface area contributed by atoms with E-state index in [0.29, 0.717) is 25.3 Å². The van der Waals surface area contributed by atoms with Crippen molar-refractivity contribution in [1.82, 2.24) is 19.4 Å². The Balaban J connectivity index is 1.63. The van der Waals surface area contributed by atoms with Gasteiger partial charge in [-0.1, -0.05) is 0 Å². The number of nitrogens with one attached hydrogen (secondary N) is 1. The lowest BCUT2D eigenvalue weighted by Gasteiger charge is -2.10. The first-order valence-corrected chi connectivity index (χ1v) is 6.66. The Bertz CT molecular complexity index is 658. The van der Waals surface area contributed by atoms with E-state index in [1.165, 1.54) is 0 Å². The summed E-state index contributed by atoms with van der Waals surface area (Å²) in [5.74, 6) is 0.273. The van der Waals surface area contributed by atoms with Gasteiger partial charge in [0.2, 0.25) is 5.91 Å². The third-order valence-electron chi connectivity index (χ3n) is 3.50. The minimum atomic E-state index is -0.153. The van der Waals surface area contributed by atoms with Crippen LogP contribution in [0.15, 0.2) is 37.1 Å². The number of hydrogen-bond donors (Lipinski definition) is 1. The predicted molar refractivity (Wildman–Crippen MR) is 75.3 cm³/mol. The number of hydrogen-bond acceptors (Lipinski definition) is 5. The summed E-state index contributed by atoms with van der Waals surface area (Å²) in [5, 5.41) is 11.6. The molecule has 0 bridgehead atoms. The molecule has 21 heavy (non-hydrogen) atoms. The number of pyridine rings is 1. The van der Waals surface area contributed by atoms with Gasteiger partial charge in [0.05, 0.1) is 24.1 Å². The SMILES string of the molecule is N#CN1CCC(C(=O)Nc2ccc(-n3ccnc3)cn2)C1. The highest BCUT2D eigenvalue weighted by atomic mass is 16.2. The van der Waals surface area contributed by atoms with E-state index in [4.69, 9.17) is 5.26 Å². The number of imidazole rings is 1. The molecule has 106 valence electrons. The molecule has 2 aromatic heterocycles. The van der Waals surface area contributed by atoms with Gasteiger partial charge in [-0.15, -0.1) is 0 Å². The molecular formula is C14H14N6O. The zero-order valence-corrected chi connectivity index (χ0v) is 11.3. The highest BCUT2D eigenvalue weighted by molar-refractivity contribution is 5.92. The third-order valence-corrected chi connectivity index (χ3v) is 3.50. The fourth-order valence-corrected chi connectivity index (χ4v) is 2.32. The van der Waals surface area contributed by atoms with E-state index >= 15 is 0 Å². The maximum atomic E-state index is 12.1. The first-order chi connectivity index (χ1) is 10.3. The van der Waals surface area contributed by atoms with E-state index in [2.05, 4.69) is 21.5 Å². The van der Waals surface area contributed by atoms with Gasteiger partial charge in [0.25, 0.3) is 0 Å². The van der Waals surface area contributed by atoms with Crippen LogP contribution in [0.5, 0.6) is 0 Å². The number of carbonyl (C=O) groups excluding carboxylic acids is 1. The normalized spacial score (nSPS) is 17.5. The van der Waals surface area contributed by atoms with Crippen molar-refractivity contribution in [3.05, 3.63) is 37.1 Å². The maximum absolute atomic E-state index is 12.1.